The number of hydrogen-bond acceptors (Lipinski definition) is 3. The smallest absolute Gasteiger partial charge is 0.303 e. The summed E-state index contributed by atoms with van der Waals surface area (Å²) in [5, 5.41) is 9.94. The Labute approximate surface area is 183 Å². The molecule has 0 radical (unpaired) electrons. The Morgan fingerprint density at radius 2 is 1.74 bits per heavy atom. The molecule has 0 saturated heterocycles. The van der Waals surface area contributed by atoms with E-state index < -0.39 is 21.8 Å². The Kier molecular flexibility index (Phi) is 5.56. The summed E-state index contributed by atoms with van der Waals surface area (Å²) in [6.07, 6.45) is 1.27. The van der Waals surface area contributed by atoms with Crippen LogP contribution in [0.2, 0.25) is 5.02 Å². The zero-order chi connectivity index (χ0) is 22.2. The molecule has 0 amide bonds. The van der Waals surface area contributed by atoms with Crippen molar-refractivity contribution in [2.24, 2.45) is 0 Å². The summed E-state index contributed by atoms with van der Waals surface area (Å²) in [4.78, 5) is 11.0. The lowest BCUT2D eigenvalue weighted by molar-refractivity contribution is -0.136. The van der Waals surface area contributed by atoms with Crippen molar-refractivity contribution in [3.8, 4) is 11.1 Å². The van der Waals surface area contributed by atoms with Crippen molar-refractivity contribution in [1.82, 2.24) is 3.97 Å². The van der Waals surface area contributed by atoms with E-state index in [4.69, 9.17) is 16.7 Å². The first-order valence-corrected chi connectivity index (χ1v) is 11.2. The molecule has 0 saturated carbocycles. The Bertz CT molecular complexity index is 1400. The second-order valence-corrected chi connectivity index (χ2v) is 9.30. The van der Waals surface area contributed by atoms with Gasteiger partial charge in [0, 0.05) is 23.0 Å². The number of benzene rings is 3. The molecule has 0 aliphatic heterocycles. The van der Waals surface area contributed by atoms with Crippen molar-refractivity contribution in [3.63, 3.8) is 0 Å². The van der Waals surface area contributed by atoms with Crippen molar-refractivity contribution in [2.45, 2.75) is 17.7 Å². The van der Waals surface area contributed by atoms with Crippen molar-refractivity contribution in [2.75, 3.05) is 0 Å². The number of aromatic nitrogens is 1. The number of carboxylic acid groups (broad SMARTS) is 1. The Morgan fingerprint density at radius 3 is 2.45 bits per heavy atom. The van der Waals surface area contributed by atoms with Gasteiger partial charge in [0.15, 0.2) is 0 Å². The molecule has 5 nitrogen and oxygen atoms in total. The lowest BCUT2D eigenvalue weighted by Crippen LogP contribution is -2.12. The fourth-order valence-corrected chi connectivity index (χ4v) is 5.03. The summed E-state index contributed by atoms with van der Waals surface area (Å²) < 4.78 is 41.8. The van der Waals surface area contributed by atoms with E-state index in [2.05, 4.69) is 0 Å². The van der Waals surface area contributed by atoms with Crippen LogP contribution in [0, 0.1) is 5.82 Å². The van der Waals surface area contributed by atoms with Gasteiger partial charge in [0.25, 0.3) is 10.0 Å². The number of carbonyl (C=O) groups is 1. The van der Waals surface area contributed by atoms with E-state index in [0.29, 0.717) is 27.1 Å². The minimum atomic E-state index is -4.01. The molecule has 0 aliphatic rings. The lowest BCUT2D eigenvalue weighted by atomic mass is 10.1. The van der Waals surface area contributed by atoms with Crippen LogP contribution in [0.15, 0.2) is 77.8 Å². The van der Waals surface area contributed by atoms with Crippen molar-refractivity contribution in [3.05, 3.63) is 89.3 Å². The van der Waals surface area contributed by atoms with E-state index in [1.165, 1.54) is 30.5 Å². The third-order valence-corrected chi connectivity index (χ3v) is 6.91. The van der Waals surface area contributed by atoms with Crippen molar-refractivity contribution in [1.29, 1.82) is 0 Å². The maximum Gasteiger partial charge on any atom is 0.303 e. The topological polar surface area (TPSA) is 76.4 Å². The SMILES string of the molecule is O=C(O)CCc1cn(S(=O)(=O)c2cccc(-c3ccc(Cl)cc3)c2)c2ccc(F)cc12. The van der Waals surface area contributed by atoms with Gasteiger partial charge >= 0.3 is 5.97 Å². The molecule has 0 unspecified atom stereocenters. The largest absolute Gasteiger partial charge is 0.481 e. The standard InChI is InChI=1S/C23H17ClFNO4S/c24-18-7-4-15(5-8-18)16-2-1-3-20(12-16)31(29,30)26-14-17(6-11-23(27)28)21-13-19(25)9-10-22(21)26/h1-5,7-10,12-14H,6,11H2,(H,27,28). The molecule has 0 spiro atoms. The van der Waals surface area contributed by atoms with Gasteiger partial charge in [0.1, 0.15) is 5.82 Å². The van der Waals surface area contributed by atoms with Gasteiger partial charge in [0.2, 0.25) is 0 Å². The molecule has 0 fully saturated rings. The molecule has 3 aromatic carbocycles. The minimum Gasteiger partial charge on any atom is -0.481 e. The van der Waals surface area contributed by atoms with Gasteiger partial charge in [-0.2, -0.15) is 0 Å². The third-order valence-electron chi connectivity index (χ3n) is 4.99. The molecule has 1 N–H and O–H groups in total. The van der Waals surface area contributed by atoms with Crippen LogP contribution in [-0.4, -0.2) is 23.5 Å². The number of nitrogens with zero attached hydrogens (tertiary/aromatic N) is 1. The van der Waals surface area contributed by atoms with Crippen LogP contribution in [0.3, 0.4) is 0 Å². The zero-order valence-electron chi connectivity index (χ0n) is 16.1. The molecule has 8 heteroatoms. The second kappa shape index (κ2) is 8.17. The predicted molar refractivity (Wildman–Crippen MR) is 117 cm³/mol. The van der Waals surface area contributed by atoms with Gasteiger partial charge in [-0.1, -0.05) is 35.9 Å². The van der Waals surface area contributed by atoms with Crippen LogP contribution in [-0.2, 0) is 21.2 Å². The normalized spacial score (nSPS) is 11.7. The van der Waals surface area contributed by atoms with Gasteiger partial charge in [-0.3, -0.25) is 4.79 Å². The van der Waals surface area contributed by atoms with Crippen LogP contribution < -0.4 is 0 Å². The Balaban J connectivity index is 1.83. The minimum absolute atomic E-state index is 0.0611. The lowest BCUT2D eigenvalue weighted by Gasteiger charge is -2.10. The number of halogens is 2. The summed E-state index contributed by atoms with van der Waals surface area (Å²) in [6, 6.07) is 17.3. The van der Waals surface area contributed by atoms with E-state index in [9.17, 15) is 17.6 Å². The monoisotopic (exact) mass is 457 g/mol. The maximum absolute atomic E-state index is 13.8. The summed E-state index contributed by atoms with van der Waals surface area (Å²) >= 11 is 5.93. The zero-order valence-corrected chi connectivity index (χ0v) is 17.7. The molecule has 31 heavy (non-hydrogen) atoms. The van der Waals surface area contributed by atoms with E-state index in [0.717, 1.165) is 9.54 Å². The molecule has 4 rings (SSSR count). The average Bonchev–Trinajstić information content (AvgIpc) is 3.11. The van der Waals surface area contributed by atoms with Crippen LogP contribution in [0.25, 0.3) is 22.0 Å². The van der Waals surface area contributed by atoms with Gasteiger partial charge in [0.05, 0.1) is 10.4 Å². The summed E-state index contributed by atoms with van der Waals surface area (Å²) in [5.41, 5.74) is 2.25. The summed E-state index contributed by atoms with van der Waals surface area (Å²) in [6.45, 7) is 0. The fourth-order valence-electron chi connectivity index (χ4n) is 3.47. The number of aryl methyl sites for hydroxylation is 1. The van der Waals surface area contributed by atoms with Crippen molar-refractivity contribution >= 4 is 38.5 Å². The third kappa shape index (κ3) is 4.19. The van der Waals surface area contributed by atoms with Crippen LogP contribution >= 0.6 is 11.6 Å². The van der Waals surface area contributed by atoms with Gasteiger partial charge < -0.3 is 5.11 Å². The second-order valence-electron chi connectivity index (χ2n) is 7.05. The molecule has 0 bridgehead atoms. The quantitative estimate of drug-likeness (QED) is 0.423. The van der Waals surface area contributed by atoms with Crippen molar-refractivity contribution < 1.29 is 22.7 Å². The molecule has 1 heterocycles. The van der Waals surface area contributed by atoms with E-state index in [1.807, 2.05) is 0 Å². The molecular formula is C23H17ClFNO4S. The van der Waals surface area contributed by atoms with Crippen LogP contribution in [0.4, 0.5) is 4.39 Å². The number of aliphatic carboxylic acids is 1. The highest BCUT2D eigenvalue weighted by Gasteiger charge is 2.22. The average molecular weight is 458 g/mol. The summed E-state index contributed by atoms with van der Waals surface area (Å²) in [7, 11) is -4.01. The van der Waals surface area contributed by atoms with E-state index >= 15 is 0 Å². The molecule has 0 atom stereocenters. The predicted octanol–water partition coefficient (Wildman–Crippen LogP) is 5.36. The highest BCUT2D eigenvalue weighted by molar-refractivity contribution is 7.90. The molecule has 4 aromatic rings. The number of carboxylic acids is 1. The van der Waals surface area contributed by atoms with Crippen LogP contribution in [0.1, 0.15) is 12.0 Å². The molecular weight excluding hydrogens is 441 g/mol. The molecule has 1 aromatic heterocycles. The summed E-state index contributed by atoms with van der Waals surface area (Å²) in [5.74, 6) is -1.54. The number of hydrogen-bond donors (Lipinski definition) is 1. The number of rotatable bonds is 6. The molecule has 0 aliphatic carbocycles. The fraction of sp³-hybridized carbons (Fsp3) is 0.0870. The first kappa shape index (κ1) is 21.1. The van der Waals surface area contributed by atoms with Crippen LogP contribution in [0.5, 0.6) is 0 Å². The van der Waals surface area contributed by atoms with Gasteiger partial charge in [-0.15, -0.1) is 0 Å². The number of fused-ring (bicyclic) bond motifs is 1. The maximum atomic E-state index is 13.8. The Hall–Kier alpha value is -3.16. The highest BCUT2D eigenvalue weighted by atomic mass is 35.5. The van der Waals surface area contributed by atoms with Gasteiger partial charge in [-0.05, 0) is 65.6 Å². The first-order valence-electron chi connectivity index (χ1n) is 9.38. The highest BCUT2D eigenvalue weighted by Crippen LogP contribution is 2.30. The first-order chi connectivity index (χ1) is 14.8. The Morgan fingerprint density at radius 1 is 1.00 bits per heavy atom. The molecule has 158 valence electrons. The van der Waals surface area contributed by atoms with Gasteiger partial charge in [-0.25, -0.2) is 16.8 Å². The van der Waals surface area contributed by atoms with E-state index in [1.54, 1.807) is 42.5 Å². The van der Waals surface area contributed by atoms with E-state index in [-0.39, 0.29) is 17.7 Å².